The summed E-state index contributed by atoms with van der Waals surface area (Å²) in [4.78, 5) is 0. The number of piperidine rings is 2. The Morgan fingerprint density at radius 1 is 0.543 bits per heavy atom. The van der Waals surface area contributed by atoms with Crippen molar-refractivity contribution in [1.82, 2.24) is 10.6 Å². The van der Waals surface area contributed by atoms with Crippen molar-refractivity contribution in [2.75, 3.05) is 11.5 Å². The van der Waals surface area contributed by atoms with Crippen LogP contribution in [0.15, 0.2) is 0 Å². The van der Waals surface area contributed by atoms with Crippen molar-refractivity contribution in [2.24, 2.45) is 11.8 Å². The predicted molar refractivity (Wildman–Crippen MR) is 158 cm³/mol. The molecule has 2 fully saturated rings. The molecule has 0 atom stereocenters. The lowest BCUT2D eigenvalue weighted by Crippen LogP contribution is -2.63. The van der Waals surface area contributed by atoms with Gasteiger partial charge in [-0.2, -0.15) is 0 Å². The average molecular weight is 507 g/mol. The van der Waals surface area contributed by atoms with E-state index in [1.165, 1.54) is 0 Å². The van der Waals surface area contributed by atoms with Crippen molar-refractivity contribution < 1.29 is 0 Å². The largest absolute Gasteiger partial charge is 0.309 e. The lowest BCUT2D eigenvalue weighted by Gasteiger charge is -2.52. The van der Waals surface area contributed by atoms with Crippen LogP contribution >= 0.6 is 11.8 Å². The molecule has 4 N–H and O–H groups in total. The number of hydrogen-bond acceptors (Lipinski definition) is 5. The molecule has 0 unspecified atom stereocenters. The van der Waals surface area contributed by atoms with Gasteiger partial charge in [-0.05, 0) is 77.0 Å². The van der Waals surface area contributed by atoms with Crippen molar-refractivity contribution in [2.45, 2.75) is 155 Å². The Hall–Kier alpha value is -0.390. The minimum absolute atomic E-state index is 0.168. The van der Waals surface area contributed by atoms with Gasteiger partial charge in [-0.3, -0.25) is 0 Å². The molecule has 0 amide bonds. The second kappa shape index (κ2) is 12.9. The zero-order chi connectivity index (χ0) is 26.3. The van der Waals surface area contributed by atoms with Crippen LogP contribution < -0.4 is 10.6 Å². The molecule has 0 radical (unpaired) electrons. The minimum atomic E-state index is 0.168. The smallest absolute Gasteiger partial charge is 0.0318 e. The Kier molecular flexibility index (Phi) is 11.4. The quantitative estimate of drug-likeness (QED) is 0.180. The first-order chi connectivity index (χ1) is 16.6. The number of rotatable bonds is 14. The summed E-state index contributed by atoms with van der Waals surface area (Å²) in [5.41, 5.74) is 2.50. The van der Waals surface area contributed by atoms with Gasteiger partial charge >= 0.3 is 0 Å². The SMILES string of the molecule is CCC1(CC)CC(C(=N)CSCC(=N)C2CC(CC)(CC)NC(CC)(CC)C2)CC(CC)(CC)N1. The zero-order valence-electron chi connectivity index (χ0n) is 24.5. The second-order valence-corrected chi connectivity index (χ2v) is 12.9. The molecular formula is C30H58N4S. The summed E-state index contributed by atoms with van der Waals surface area (Å²) in [6, 6.07) is 0. The Labute approximate surface area is 222 Å². The fourth-order valence-corrected chi connectivity index (χ4v) is 8.23. The molecule has 0 bridgehead atoms. The number of thioether (sulfide) groups is 1. The molecule has 4 nitrogen and oxygen atoms in total. The van der Waals surface area contributed by atoms with Crippen LogP contribution in [0.3, 0.4) is 0 Å². The van der Waals surface area contributed by atoms with Crippen LogP contribution in [0.5, 0.6) is 0 Å². The molecule has 0 aromatic carbocycles. The van der Waals surface area contributed by atoms with E-state index in [2.05, 4.69) is 66.0 Å². The van der Waals surface area contributed by atoms with Crippen molar-refractivity contribution in [3.05, 3.63) is 0 Å². The van der Waals surface area contributed by atoms with Gasteiger partial charge in [0.05, 0.1) is 0 Å². The molecule has 5 heteroatoms. The fraction of sp³-hybridized carbons (Fsp3) is 0.933. The summed E-state index contributed by atoms with van der Waals surface area (Å²) in [5.74, 6) is 2.31. The van der Waals surface area contributed by atoms with Crippen LogP contribution in [0.4, 0.5) is 0 Å². The van der Waals surface area contributed by atoms with Gasteiger partial charge in [0, 0.05) is 56.9 Å². The van der Waals surface area contributed by atoms with E-state index in [1.807, 2.05) is 11.8 Å². The maximum atomic E-state index is 9.04. The van der Waals surface area contributed by atoms with Crippen LogP contribution in [0.1, 0.15) is 132 Å². The van der Waals surface area contributed by atoms with E-state index in [0.29, 0.717) is 11.8 Å². The molecule has 2 heterocycles. The minimum Gasteiger partial charge on any atom is -0.309 e. The molecule has 2 aliphatic heterocycles. The number of nitrogens with one attached hydrogen (secondary N) is 4. The van der Waals surface area contributed by atoms with E-state index in [4.69, 9.17) is 10.8 Å². The van der Waals surface area contributed by atoms with Crippen LogP contribution in [0, 0.1) is 22.7 Å². The Bertz CT molecular complexity index is 588. The van der Waals surface area contributed by atoms with E-state index < -0.39 is 0 Å². The van der Waals surface area contributed by atoms with Crippen molar-refractivity contribution in [3.8, 4) is 0 Å². The third-order valence-electron chi connectivity index (χ3n) is 10.5. The van der Waals surface area contributed by atoms with Gasteiger partial charge in [-0.15, -0.1) is 11.8 Å². The molecular weight excluding hydrogens is 448 g/mol. The van der Waals surface area contributed by atoms with E-state index in [1.54, 1.807) is 0 Å². The summed E-state index contributed by atoms with van der Waals surface area (Å²) in [7, 11) is 0. The lowest BCUT2D eigenvalue weighted by atomic mass is 9.68. The fourth-order valence-electron chi connectivity index (χ4n) is 7.22. The van der Waals surface area contributed by atoms with E-state index in [0.717, 1.165) is 100.0 Å². The van der Waals surface area contributed by atoms with E-state index in [-0.39, 0.29) is 22.2 Å². The molecule has 2 saturated heterocycles. The van der Waals surface area contributed by atoms with Gasteiger partial charge in [-0.25, -0.2) is 0 Å². The normalized spacial score (nSPS) is 23.8. The summed E-state index contributed by atoms with van der Waals surface area (Å²) in [6.45, 7) is 18.5. The second-order valence-electron chi connectivity index (χ2n) is 12.0. The van der Waals surface area contributed by atoms with E-state index in [9.17, 15) is 0 Å². The standard InChI is InChI=1S/C30H58N4S/c1-9-27(10-2)17-23(18-28(11-3,12-4)33-27)25(31)21-35-22-26(32)24-19-29(13-5,14-6)34-30(15-7,16-8)20-24/h23-24,31-34H,9-22H2,1-8H3. The summed E-state index contributed by atoms with van der Waals surface area (Å²) >= 11 is 1.83. The molecule has 0 aromatic heterocycles. The average Bonchev–Trinajstić information content (AvgIpc) is 2.91. The summed E-state index contributed by atoms with van der Waals surface area (Å²) in [5, 5.41) is 26.2. The molecule has 0 saturated carbocycles. The first-order valence-electron chi connectivity index (χ1n) is 14.9. The van der Waals surface area contributed by atoms with Crippen molar-refractivity contribution >= 4 is 23.2 Å². The summed E-state index contributed by atoms with van der Waals surface area (Å²) < 4.78 is 0. The van der Waals surface area contributed by atoms with Gasteiger partial charge in [0.2, 0.25) is 0 Å². The predicted octanol–water partition coefficient (Wildman–Crippen LogP) is 7.99. The molecule has 204 valence electrons. The maximum Gasteiger partial charge on any atom is 0.0318 e. The van der Waals surface area contributed by atoms with E-state index >= 15 is 0 Å². The molecule has 0 aliphatic carbocycles. The van der Waals surface area contributed by atoms with Crippen LogP contribution in [0.2, 0.25) is 0 Å². The van der Waals surface area contributed by atoms with Crippen LogP contribution in [-0.4, -0.2) is 45.1 Å². The molecule has 35 heavy (non-hydrogen) atoms. The monoisotopic (exact) mass is 506 g/mol. The third kappa shape index (κ3) is 6.93. The van der Waals surface area contributed by atoms with Crippen molar-refractivity contribution in [3.63, 3.8) is 0 Å². The first-order valence-corrected chi connectivity index (χ1v) is 16.0. The van der Waals surface area contributed by atoms with Gasteiger partial charge in [-0.1, -0.05) is 55.4 Å². The van der Waals surface area contributed by atoms with Gasteiger partial charge in [0.15, 0.2) is 0 Å². The van der Waals surface area contributed by atoms with Gasteiger partial charge < -0.3 is 21.5 Å². The van der Waals surface area contributed by atoms with Gasteiger partial charge in [0.25, 0.3) is 0 Å². The molecule has 2 rings (SSSR count). The Morgan fingerprint density at radius 2 is 0.771 bits per heavy atom. The highest BCUT2D eigenvalue weighted by atomic mass is 32.2. The highest BCUT2D eigenvalue weighted by Crippen LogP contribution is 2.42. The molecule has 0 aromatic rings. The highest BCUT2D eigenvalue weighted by molar-refractivity contribution is 8.00. The Morgan fingerprint density at radius 3 is 0.971 bits per heavy atom. The number of hydrogen-bond donors (Lipinski definition) is 4. The first kappa shape index (κ1) is 30.8. The molecule has 2 aliphatic rings. The van der Waals surface area contributed by atoms with Gasteiger partial charge in [0.1, 0.15) is 0 Å². The van der Waals surface area contributed by atoms with Crippen LogP contribution in [-0.2, 0) is 0 Å². The lowest BCUT2D eigenvalue weighted by molar-refractivity contribution is 0.0904. The topological polar surface area (TPSA) is 71.8 Å². The zero-order valence-corrected chi connectivity index (χ0v) is 25.3. The highest BCUT2D eigenvalue weighted by Gasteiger charge is 2.46. The Balaban J connectivity index is 2.04. The van der Waals surface area contributed by atoms with Crippen molar-refractivity contribution in [1.29, 1.82) is 10.8 Å². The maximum absolute atomic E-state index is 9.04. The third-order valence-corrected chi connectivity index (χ3v) is 11.6. The molecule has 0 spiro atoms. The summed E-state index contributed by atoms with van der Waals surface area (Å²) in [6.07, 6.45) is 13.5. The van der Waals surface area contributed by atoms with Crippen LogP contribution in [0.25, 0.3) is 0 Å².